The summed E-state index contributed by atoms with van der Waals surface area (Å²) in [6.07, 6.45) is 3.32. The van der Waals surface area contributed by atoms with E-state index in [1.807, 2.05) is 0 Å². The molecule has 1 saturated heterocycles. The minimum Gasteiger partial charge on any atom is -0.489 e. The lowest BCUT2D eigenvalue weighted by Crippen LogP contribution is -2.29. The van der Waals surface area contributed by atoms with E-state index in [1.54, 1.807) is 18.3 Å². The zero-order valence-electron chi connectivity index (χ0n) is 12.1. The number of ether oxygens (including phenoxy) is 1. The van der Waals surface area contributed by atoms with Crippen molar-refractivity contribution in [2.45, 2.75) is 26.0 Å². The second-order valence-electron chi connectivity index (χ2n) is 5.04. The van der Waals surface area contributed by atoms with Gasteiger partial charge in [-0.05, 0) is 12.5 Å². The number of sulfonamides is 1. The molecule has 2 rings (SSSR count). The van der Waals surface area contributed by atoms with E-state index >= 15 is 0 Å². The molecule has 1 aromatic heterocycles. The van der Waals surface area contributed by atoms with Gasteiger partial charge in [0.1, 0.15) is 11.9 Å². The van der Waals surface area contributed by atoms with Crippen molar-refractivity contribution < 1.29 is 17.9 Å². The molecule has 0 aliphatic carbocycles. The number of carbonyl (C=O) groups is 1. The number of pyridine rings is 1. The molecule has 116 valence electrons. The maximum atomic E-state index is 11.5. The number of hydrogen-bond acceptors (Lipinski definition) is 5. The Labute approximate surface area is 124 Å². The van der Waals surface area contributed by atoms with Gasteiger partial charge in [0.15, 0.2) is 0 Å². The molecule has 0 saturated carbocycles. The van der Waals surface area contributed by atoms with Gasteiger partial charge in [0.05, 0.1) is 25.0 Å². The van der Waals surface area contributed by atoms with E-state index in [2.05, 4.69) is 10.3 Å². The molecule has 1 N–H and O–H groups in total. The minimum atomic E-state index is -3.16. The Kier molecular flexibility index (Phi) is 4.79. The van der Waals surface area contributed by atoms with Crippen LogP contribution < -0.4 is 10.1 Å². The van der Waals surface area contributed by atoms with Crippen molar-refractivity contribution in [2.75, 3.05) is 19.3 Å². The van der Waals surface area contributed by atoms with Gasteiger partial charge in [-0.3, -0.25) is 9.78 Å². The summed E-state index contributed by atoms with van der Waals surface area (Å²) in [6.45, 7) is 2.63. The number of nitrogens with one attached hydrogen (secondary N) is 1. The largest absolute Gasteiger partial charge is 0.489 e. The van der Waals surface area contributed by atoms with Crippen molar-refractivity contribution in [3.05, 3.63) is 24.0 Å². The topological polar surface area (TPSA) is 88.6 Å². The molecule has 0 aromatic carbocycles. The number of aromatic nitrogens is 1. The zero-order chi connectivity index (χ0) is 15.5. The van der Waals surface area contributed by atoms with E-state index in [4.69, 9.17) is 4.74 Å². The lowest BCUT2D eigenvalue weighted by atomic mass is 10.3. The van der Waals surface area contributed by atoms with Crippen LogP contribution in [0.1, 0.15) is 19.0 Å². The van der Waals surface area contributed by atoms with E-state index in [0.29, 0.717) is 37.5 Å². The van der Waals surface area contributed by atoms with Crippen molar-refractivity contribution in [2.24, 2.45) is 0 Å². The summed E-state index contributed by atoms with van der Waals surface area (Å²) in [6, 6.07) is 3.47. The SMILES string of the molecule is CC(=O)NCc1cc(OC2CCN(S(C)(=O)=O)C2)ccn1. The normalized spacial score (nSPS) is 19.4. The van der Waals surface area contributed by atoms with Gasteiger partial charge in [0, 0.05) is 25.7 Å². The molecule has 1 unspecified atom stereocenters. The first kappa shape index (κ1) is 15.7. The molecular weight excluding hydrogens is 294 g/mol. The Balaban J connectivity index is 1.95. The number of hydrogen-bond donors (Lipinski definition) is 1. The van der Waals surface area contributed by atoms with Gasteiger partial charge in [-0.25, -0.2) is 8.42 Å². The predicted molar refractivity (Wildman–Crippen MR) is 77.2 cm³/mol. The van der Waals surface area contributed by atoms with Gasteiger partial charge in [-0.15, -0.1) is 0 Å². The molecule has 0 bridgehead atoms. The Hall–Kier alpha value is -1.67. The summed E-state index contributed by atoms with van der Waals surface area (Å²) < 4.78 is 30.1. The van der Waals surface area contributed by atoms with Crippen molar-refractivity contribution in [1.82, 2.24) is 14.6 Å². The fourth-order valence-corrected chi connectivity index (χ4v) is 3.00. The molecule has 1 aliphatic rings. The first-order chi connectivity index (χ1) is 9.84. The summed E-state index contributed by atoms with van der Waals surface area (Å²) >= 11 is 0. The average Bonchev–Trinajstić information content (AvgIpc) is 2.85. The molecular formula is C13H19N3O4S. The van der Waals surface area contributed by atoms with Gasteiger partial charge in [-0.2, -0.15) is 4.31 Å². The van der Waals surface area contributed by atoms with Crippen molar-refractivity contribution in [3.8, 4) is 5.75 Å². The summed E-state index contributed by atoms with van der Waals surface area (Å²) in [5.74, 6) is 0.508. The fraction of sp³-hybridized carbons (Fsp3) is 0.538. The van der Waals surface area contributed by atoms with E-state index in [1.165, 1.54) is 17.5 Å². The van der Waals surface area contributed by atoms with Crippen LogP contribution in [0.4, 0.5) is 0 Å². The molecule has 1 amide bonds. The van der Waals surface area contributed by atoms with Crippen LogP contribution in [0, 0.1) is 0 Å². The Bertz CT molecular complexity index is 618. The highest BCUT2D eigenvalue weighted by atomic mass is 32.2. The van der Waals surface area contributed by atoms with E-state index < -0.39 is 10.0 Å². The Morgan fingerprint density at radius 3 is 2.95 bits per heavy atom. The van der Waals surface area contributed by atoms with Crippen LogP contribution in [0.15, 0.2) is 18.3 Å². The smallest absolute Gasteiger partial charge is 0.217 e. The standard InChI is InChI=1S/C13H19N3O4S/c1-10(17)15-8-11-7-12(3-5-14-11)20-13-4-6-16(9-13)21(2,18)19/h3,5,7,13H,4,6,8-9H2,1-2H3,(H,15,17). The van der Waals surface area contributed by atoms with Crippen LogP contribution in [-0.2, 0) is 21.4 Å². The lowest BCUT2D eigenvalue weighted by Gasteiger charge is -2.15. The minimum absolute atomic E-state index is 0.122. The van der Waals surface area contributed by atoms with E-state index in [0.717, 1.165) is 0 Å². The highest BCUT2D eigenvalue weighted by Gasteiger charge is 2.29. The molecule has 1 atom stereocenters. The molecule has 0 spiro atoms. The molecule has 21 heavy (non-hydrogen) atoms. The first-order valence-electron chi connectivity index (χ1n) is 6.66. The molecule has 2 heterocycles. The average molecular weight is 313 g/mol. The maximum Gasteiger partial charge on any atom is 0.217 e. The third-order valence-electron chi connectivity index (χ3n) is 3.19. The van der Waals surface area contributed by atoms with Crippen molar-refractivity contribution >= 4 is 15.9 Å². The van der Waals surface area contributed by atoms with Crippen molar-refractivity contribution in [3.63, 3.8) is 0 Å². The summed E-state index contributed by atoms with van der Waals surface area (Å²) in [4.78, 5) is 15.0. The number of amides is 1. The molecule has 0 radical (unpaired) electrons. The summed E-state index contributed by atoms with van der Waals surface area (Å²) in [5, 5.41) is 2.67. The molecule has 7 nitrogen and oxygen atoms in total. The summed E-state index contributed by atoms with van der Waals surface area (Å²) in [5.41, 5.74) is 0.695. The Morgan fingerprint density at radius 2 is 2.33 bits per heavy atom. The van der Waals surface area contributed by atoms with E-state index in [-0.39, 0.29) is 12.0 Å². The van der Waals surface area contributed by atoms with Gasteiger partial charge in [0.2, 0.25) is 15.9 Å². The molecule has 1 aromatic rings. The number of nitrogens with zero attached hydrogens (tertiary/aromatic N) is 2. The second-order valence-corrected chi connectivity index (χ2v) is 7.02. The molecule has 1 fully saturated rings. The fourth-order valence-electron chi connectivity index (χ4n) is 2.13. The Morgan fingerprint density at radius 1 is 1.57 bits per heavy atom. The zero-order valence-corrected chi connectivity index (χ0v) is 12.9. The summed E-state index contributed by atoms with van der Waals surface area (Å²) in [7, 11) is -3.16. The van der Waals surface area contributed by atoms with Crippen LogP contribution in [0.25, 0.3) is 0 Å². The van der Waals surface area contributed by atoms with Gasteiger partial charge >= 0.3 is 0 Å². The van der Waals surface area contributed by atoms with E-state index in [9.17, 15) is 13.2 Å². The maximum absolute atomic E-state index is 11.5. The highest BCUT2D eigenvalue weighted by molar-refractivity contribution is 7.88. The third kappa shape index (κ3) is 4.68. The predicted octanol–water partition coefficient (Wildman–Crippen LogP) is 0.130. The monoisotopic (exact) mass is 313 g/mol. The van der Waals surface area contributed by atoms with Crippen LogP contribution in [0.5, 0.6) is 5.75 Å². The lowest BCUT2D eigenvalue weighted by molar-refractivity contribution is -0.119. The molecule has 8 heteroatoms. The quantitative estimate of drug-likeness (QED) is 0.835. The third-order valence-corrected chi connectivity index (χ3v) is 4.46. The van der Waals surface area contributed by atoms with Crippen LogP contribution >= 0.6 is 0 Å². The van der Waals surface area contributed by atoms with Gasteiger partial charge in [-0.1, -0.05) is 0 Å². The van der Waals surface area contributed by atoms with Crippen LogP contribution in [0.3, 0.4) is 0 Å². The first-order valence-corrected chi connectivity index (χ1v) is 8.50. The van der Waals surface area contributed by atoms with Crippen molar-refractivity contribution in [1.29, 1.82) is 0 Å². The second kappa shape index (κ2) is 6.40. The van der Waals surface area contributed by atoms with Crippen LogP contribution in [0.2, 0.25) is 0 Å². The number of rotatable bonds is 5. The number of carbonyl (C=O) groups excluding carboxylic acids is 1. The van der Waals surface area contributed by atoms with Crippen LogP contribution in [-0.4, -0.2) is 49.1 Å². The van der Waals surface area contributed by atoms with Gasteiger partial charge in [0.25, 0.3) is 0 Å². The highest BCUT2D eigenvalue weighted by Crippen LogP contribution is 2.20. The van der Waals surface area contributed by atoms with Gasteiger partial charge < -0.3 is 10.1 Å². The molecule has 1 aliphatic heterocycles.